The quantitative estimate of drug-likeness (QED) is 0.389. The van der Waals surface area contributed by atoms with Gasteiger partial charge in [-0.3, -0.25) is 0 Å². The molecule has 1 saturated carbocycles. The minimum absolute atomic E-state index is 0.0932. The number of aliphatic hydroxyl groups is 3. The van der Waals surface area contributed by atoms with E-state index in [1.54, 1.807) is 4.52 Å². The Morgan fingerprint density at radius 1 is 1.16 bits per heavy atom. The maximum Gasteiger partial charge on any atom is 0.343 e. The Balaban J connectivity index is 1.56. The number of aromatic nitrogens is 4. The predicted molar refractivity (Wildman–Crippen MR) is 118 cm³/mol. The van der Waals surface area contributed by atoms with Crippen molar-refractivity contribution in [2.45, 2.75) is 70.1 Å². The summed E-state index contributed by atoms with van der Waals surface area (Å²) >= 11 is 0. The molecular weight excluding hydrogens is 408 g/mol. The molecule has 170 valence electrons. The van der Waals surface area contributed by atoms with E-state index < -0.39 is 12.1 Å². The molecule has 2 aliphatic rings. The number of hydrogen-bond acceptors (Lipinski definition) is 8. The molecule has 0 aromatic carbocycles. The van der Waals surface area contributed by atoms with Crippen molar-refractivity contribution in [3.63, 3.8) is 0 Å². The normalized spacial score (nSPS) is 22.7. The van der Waals surface area contributed by atoms with Crippen molar-refractivity contribution >= 4 is 5.52 Å². The molecule has 2 unspecified atom stereocenters. The van der Waals surface area contributed by atoms with Gasteiger partial charge >= 0.3 is 6.10 Å². The van der Waals surface area contributed by atoms with Crippen molar-refractivity contribution in [2.75, 3.05) is 0 Å². The highest BCUT2D eigenvalue weighted by molar-refractivity contribution is 5.69. The van der Waals surface area contributed by atoms with Crippen LogP contribution in [0.3, 0.4) is 0 Å². The Kier molecular flexibility index (Phi) is 4.71. The minimum Gasteiger partial charge on any atom is -0.330 e. The minimum atomic E-state index is -2.97. The molecule has 32 heavy (non-hydrogen) atoms. The molecular formula is C23H30N6O3. The molecule has 0 radical (unpaired) electrons. The molecule has 0 bridgehead atoms. The average Bonchev–Trinajstić information content (AvgIpc) is 3.22. The first-order valence-corrected chi connectivity index (χ1v) is 11.0. The van der Waals surface area contributed by atoms with Crippen LogP contribution < -0.4 is 11.1 Å². The highest BCUT2D eigenvalue weighted by atomic mass is 16.7. The molecule has 6 N–H and O–H groups in total. The van der Waals surface area contributed by atoms with E-state index >= 15 is 0 Å². The van der Waals surface area contributed by atoms with Crippen LogP contribution in [0.2, 0.25) is 0 Å². The molecule has 5 rings (SSSR count). The van der Waals surface area contributed by atoms with Crippen LogP contribution >= 0.6 is 0 Å². The van der Waals surface area contributed by atoms with Gasteiger partial charge in [-0.25, -0.2) is 19.8 Å². The Labute approximate surface area is 186 Å². The third-order valence-electron chi connectivity index (χ3n) is 7.00. The zero-order valence-electron chi connectivity index (χ0n) is 18.6. The zero-order valence-corrected chi connectivity index (χ0v) is 18.6. The van der Waals surface area contributed by atoms with Gasteiger partial charge in [0.25, 0.3) is 0 Å². The highest BCUT2D eigenvalue weighted by Gasteiger charge is 2.43. The van der Waals surface area contributed by atoms with Crippen LogP contribution in [0.1, 0.15) is 75.2 Å². The van der Waals surface area contributed by atoms with Gasteiger partial charge in [0, 0.05) is 40.8 Å². The van der Waals surface area contributed by atoms with Gasteiger partial charge < -0.3 is 21.1 Å². The van der Waals surface area contributed by atoms with Gasteiger partial charge in [-0.2, -0.15) is 5.10 Å². The molecule has 3 heterocycles. The van der Waals surface area contributed by atoms with Crippen molar-refractivity contribution in [3.8, 4) is 11.4 Å². The Morgan fingerprint density at radius 3 is 2.41 bits per heavy atom. The van der Waals surface area contributed by atoms with Crippen molar-refractivity contribution in [2.24, 2.45) is 11.1 Å². The number of fused-ring (bicyclic) bond motifs is 3. The fraction of sp³-hybridized carbons (Fsp3) is 0.522. The molecule has 9 nitrogen and oxygen atoms in total. The largest absolute Gasteiger partial charge is 0.343 e. The molecule has 9 heteroatoms. The summed E-state index contributed by atoms with van der Waals surface area (Å²) in [5.41, 5.74) is 10.5. The third kappa shape index (κ3) is 3.60. The number of nitrogens with zero attached hydrogens (tertiary/aromatic N) is 4. The second-order valence-corrected chi connectivity index (χ2v) is 10.3. The maximum atomic E-state index is 9.50. The van der Waals surface area contributed by atoms with Crippen LogP contribution in [0.25, 0.3) is 16.9 Å². The van der Waals surface area contributed by atoms with Gasteiger partial charge in [0.05, 0.1) is 17.3 Å². The summed E-state index contributed by atoms with van der Waals surface area (Å²) in [4.78, 5) is 9.16. The number of nitrogens with two attached hydrogens (primary N) is 1. The summed E-state index contributed by atoms with van der Waals surface area (Å²) in [5, 5.41) is 35.7. The molecule has 3 aromatic heterocycles. The summed E-state index contributed by atoms with van der Waals surface area (Å²) in [5.74, 6) is 0.721. The van der Waals surface area contributed by atoms with E-state index in [0.717, 1.165) is 41.5 Å². The topological polar surface area (TPSA) is 142 Å². The van der Waals surface area contributed by atoms with E-state index in [1.165, 1.54) is 0 Å². The predicted octanol–water partition coefficient (Wildman–Crippen LogP) is 1.88. The van der Waals surface area contributed by atoms with Gasteiger partial charge in [-0.15, -0.1) is 0 Å². The molecule has 0 amide bonds. The number of rotatable bonds is 4. The molecule has 2 atom stereocenters. The lowest BCUT2D eigenvalue weighted by Gasteiger charge is -2.37. The van der Waals surface area contributed by atoms with Crippen LogP contribution in [0.15, 0.2) is 30.7 Å². The fourth-order valence-electron chi connectivity index (χ4n) is 5.03. The third-order valence-corrected chi connectivity index (χ3v) is 7.00. The van der Waals surface area contributed by atoms with Crippen LogP contribution in [-0.4, -0.2) is 41.0 Å². The lowest BCUT2D eigenvalue weighted by molar-refractivity contribution is -0.336. The first-order valence-electron chi connectivity index (χ1n) is 11.0. The second kappa shape index (κ2) is 7.03. The molecule has 1 fully saturated rings. The first kappa shape index (κ1) is 21.4. The van der Waals surface area contributed by atoms with E-state index in [9.17, 15) is 15.3 Å². The summed E-state index contributed by atoms with van der Waals surface area (Å²) in [6, 6.07) is 3.44. The van der Waals surface area contributed by atoms with E-state index in [4.69, 9.17) is 5.73 Å². The summed E-state index contributed by atoms with van der Waals surface area (Å²) in [6.45, 7) is 6.44. The second-order valence-electron chi connectivity index (χ2n) is 10.3. The molecule has 0 aliphatic heterocycles. The van der Waals surface area contributed by atoms with E-state index in [2.05, 4.69) is 41.2 Å². The summed E-state index contributed by atoms with van der Waals surface area (Å²) in [6.07, 6.45) is 6.20. The van der Waals surface area contributed by atoms with Gasteiger partial charge in [0.1, 0.15) is 0 Å². The first-order chi connectivity index (χ1) is 14.9. The molecule has 0 spiro atoms. The van der Waals surface area contributed by atoms with Crippen LogP contribution in [0.4, 0.5) is 0 Å². The molecule has 3 aromatic rings. The van der Waals surface area contributed by atoms with Crippen LogP contribution in [0, 0.1) is 5.41 Å². The Bertz CT molecular complexity index is 1160. The van der Waals surface area contributed by atoms with Crippen molar-refractivity contribution in [3.05, 3.63) is 47.5 Å². The van der Waals surface area contributed by atoms with Crippen molar-refractivity contribution in [1.82, 2.24) is 24.9 Å². The number of hydrogen-bond donors (Lipinski definition) is 5. The number of nitrogens with one attached hydrogen (secondary N) is 1. The standard InChI is InChI=1S/C23H30N6O3/c1-21(2,3)15-10-16(27-23(30,31)32)19-18(15)17-9-13(5-8-29(17)28-19)20-25-11-14(12-26-20)22(24)6-4-7-22/h5,8-9,11-12,15-16,27,30-32H,4,6-7,10,24H2,1-3H3. The smallest absolute Gasteiger partial charge is 0.330 e. The fourth-order valence-corrected chi connectivity index (χ4v) is 5.03. The van der Waals surface area contributed by atoms with Crippen molar-refractivity contribution < 1.29 is 15.3 Å². The maximum absolute atomic E-state index is 9.50. The van der Waals surface area contributed by atoms with Crippen LogP contribution in [-0.2, 0) is 5.54 Å². The highest BCUT2D eigenvalue weighted by Crippen LogP contribution is 2.51. The summed E-state index contributed by atoms with van der Waals surface area (Å²) in [7, 11) is 0. The zero-order chi connectivity index (χ0) is 22.9. The average molecular weight is 439 g/mol. The Hall–Kier alpha value is -2.43. The monoisotopic (exact) mass is 438 g/mol. The summed E-state index contributed by atoms with van der Waals surface area (Å²) < 4.78 is 1.78. The SMILES string of the molecule is CC(C)(C)C1CC(NC(O)(O)O)c2nn3ccc(-c4ncc(C5(N)CCC5)cn4)cc3c21. The van der Waals surface area contributed by atoms with Crippen LogP contribution in [0.5, 0.6) is 0 Å². The lowest BCUT2D eigenvalue weighted by atomic mass is 9.74. The Morgan fingerprint density at radius 2 is 1.84 bits per heavy atom. The van der Waals surface area contributed by atoms with Gasteiger partial charge in [-0.1, -0.05) is 20.8 Å². The molecule has 0 saturated heterocycles. The van der Waals surface area contributed by atoms with Gasteiger partial charge in [0.2, 0.25) is 0 Å². The van der Waals surface area contributed by atoms with Gasteiger partial charge in [-0.05, 0) is 49.1 Å². The van der Waals surface area contributed by atoms with Gasteiger partial charge in [0.15, 0.2) is 5.82 Å². The van der Waals surface area contributed by atoms with E-state index in [0.29, 0.717) is 17.9 Å². The van der Waals surface area contributed by atoms with E-state index in [-0.39, 0.29) is 16.9 Å². The molecule has 2 aliphatic carbocycles. The number of pyridine rings is 1. The van der Waals surface area contributed by atoms with E-state index in [1.807, 2.05) is 30.7 Å². The van der Waals surface area contributed by atoms with Crippen molar-refractivity contribution in [1.29, 1.82) is 0 Å². The lowest BCUT2D eigenvalue weighted by Crippen LogP contribution is -2.46.